The number of nitrogens with zero attached hydrogens (tertiary/aromatic N) is 5. The Morgan fingerprint density at radius 1 is 0.792 bits per heavy atom. The first kappa shape index (κ1) is 15.7. The van der Waals surface area contributed by atoms with E-state index in [-0.39, 0.29) is 0 Å². The van der Waals surface area contributed by atoms with E-state index in [4.69, 9.17) is 17.1 Å². The molecule has 116 valence electrons. The van der Waals surface area contributed by atoms with E-state index in [2.05, 4.69) is 20.3 Å². The summed E-state index contributed by atoms with van der Waals surface area (Å²) in [5.74, 6) is 0. The Labute approximate surface area is 143 Å². The number of benzene rings is 3. The topological polar surface area (TPSA) is 73.5 Å². The zero-order valence-corrected chi connectivity index (χ0v) is 13.3. The van der Waals surface area contributed by atoms with Crippen molar-refractivity contribution in [2.24, 2.45) is 15.3 Å². The van der Waals surface area contributed by atoms with E-state index in [0.717, 1.165) is 11.1 Å². The van der Waals surface area contributed by atoms with Gasteiger partial charge < -0.3 is 0 Å². The largest absolute Gasteiger partial charge is 0.151 e. The highest BCUT2D eigenvalue weighted by molar-refractivity contribution is 6.30. The van der Waals surface area contributed by atoms with Gasteiger partial charge in [0.05, 0.1) is 17.1 Å². The molecule has 5 nitrogen and oxygen atoms in total. The maximum absolute atomic E-state index is 8.90. The van der Waals surface area contributed by atoms with Gasteiger partial charge in [0.1, 0.15) is 0 Å². The van der Waals surface area contributed by atoms with Crippen molar-refractivity contribution in [1.29, 1.82) is 0 Å². The van der Waals surface area contributed by atoms with Gasteiger partial charge in [-0.3, -0.25) is 0 Å². The Balaban J connectivity index is 2.05. The van der Waals surface area contributed by atoms with Gasteiger partial charge in [-0.1, -0.05) is 59.2 Å². The summed E-state index contributed by atoms with van der Waals surface area (Å²) >= 11 is 5.86. The summed E-state index contributed by atoms with van der Waals surface area (Å²) in [7, 11) is 0. The molecular formula is C18H12ClN5. The second kappa shape index (κ2) is 7.42. The zero-order valence-electron chi connectivity index (χ0n) is 12.5. The van der Waals surface area contributed by atoms with Crippen LogP contribution in [0.1, 0.15) is 0 Å². The molecule has 0 radical (unpaired) electrons. The van der Waals surface area contributed by atoms with Crippen molar-refractivity contribution in [3.05, 3.63) is 88.3 Å². The van der Waals surface area contributed by atoms with Crippen molar-refractivity contribution >= 4 is 28.7 Å². The highest BCUT2D eigenvalue weighted by atomic mass is 35.5. The van der Waals surface area contributed by atoms with Crippen molar-refractivity contribution < 1.29 is 0 Å². The minimum Gasteiger partial charge on any atom is -0.151 e. The Morgan fingerprint density at radius 2 is 1.54 bits per heavy atom. The van der Waals surface area contributed by atoms with Crippen molar-refractivity contribution in [3.63, 3.8) is 0 Å². The molecule has 0 bridgehead atoms. The van der Waals surface area contributed by atoms with Crippen LogP contribution in [-0.2, 0) is 0 Å². The van der Waals surface area contributed by atoms with E-state index < -0.39 is 0 Å². The average Bonchev–Trinajstić information content (AvgIpc) is 2.63. The summed E-state index contributed by atoms with van der Waals surface area (Å²) in [5.41, 5.74) is 12.3. The lowest BCUT2D eigenvalue weighted by molar-refractivity contribution is 1.22. The lowest BCUT2D eigenvalue weighted by Crippen LogP contribution is -1.78. The van der Waals surface area contributed by atoms with Gasteiger partial charge in [0, 0.05) is 9.93 Å². The molecule has 3 rings (SSSR count). The maximum Gasteiger partial charge on any atom is 0.0958 e. The molecule has 0 atom stereocenters. The summed E-state index contributed by atoms with van der Waals surface area (Å²) in [6.07, 6.45) is 0. The van der Waals surface area contributed by atoms with Crippen LogP contribution >= 0.6 is 11.6 Å². The maximum atomic E-state index is 8.90. The number of azo groups is 1. The summed E-state index contributed by atoms with van der Waals surface area (Å²) in [5, 5.41) is 12.9. The molecule has 0 saturated heterocycles. The van der Waals surface area contributed by atoms with E-state index in [1.165, 1.54) is 0 Å². The second-order valence-electron chi connectivity index (χ2n) is 4.91. The minimum atomic E-state index is 0.448. The van der Waals surface area contributed by atoms with Gasteiger partial charge >= 0.3 is 0 Å². The molecule has 0 amide bonds. The average molecular weight is 334 g/mol. The molecule has 0 saturated carbocycles. The predicted octanol–water partition coefficient (Wildman–Crippen LogP) is 7.36. The molecule has 0 heterocycles. The Hall–Kier alpha value is -3.14. The third kappa shape index (κ3) is 3.60. The summed E-state index contributed by atoms with van der Waals surface area (Å²) in [4.78, 5) is 2.93. The van der Waals surface area contributed by atoms with E-state index in [1.54, 1.807) is 30.3 Å². The van der Waals surface area contributed by atoms with Crippen LogP contribution in [0.25, 0.3) is 21.6 Å². The van der Waals surface area contributed by atoms with Crippen LogP contribution in [0, 0.1) is 0 Å². The van der Waals surface area contributed by atoms with Crippen LogP contribution in [-0.4, -0.2) is 0 Å². The predicted molar refractivity (Wildman–Crippen MR) is 96.3 cm³/mol. The normalized spacial score (nSPS) is 10.5. The third-order valence-corrected chi connectivity index (χ3v) is 3.60. The van der Waals surface area contributed by atoms with Gasteiger partial charge in [-0.25, -0.2) is 0 Å². The molecule has 6 heteroatoms. The standard InChI is InChI=1S/C18H12ClN5/c19-14-9-11-15(12-10-14)21-22-17-8-4-7-16(18(17)23-24-20)13-5-2-1-3-6-13/h1-12H. The lowest BCUT2D eigenvalue weighted by atomic mass is 10.0. The smallest absolute Gasteiger partial charge is 0.0958 e. The van der Waals surface area contributed by atoms with Crippen LogP contribution in [0.4, 0.5) is 17.1 Å². The molecule has 0 aliphatic rings. The Bertz CT molecular complexity index is 914. The fourth-order valence-corrected chi connectivity index (χ4v) is 2.36. The minimum absolute atomic E-state index is 0.448. The highest BCUT2D eigenvalue weighted by Gasteiger charge is 2.08. The molecule has 0 aromatic heterocycles. The van der Waals surface area contributed by atoms with E-state index in [1.807, 2.05) is 42.5 Å². The number of halogens is 1. The lowest BCUT2D eigenvalue weighted by Gasteiger charge is -2.07. The molecular weight excluding hydrogens is 322 g/mol. The van der Waals surface area contributed by atoms with Gasteiger partial charge in [0.15, 0.2) is 0 Å². The summed E-state index contributed by atoms with van der Waals surface area (Å²) in [6.45, 7) is 0. The van der Waals surface area contributed by atoms with Crippen molar-refractivity contribution in [2.45, 2.75) is 0 Å². The first-order valence-corrected chi connectivity index (χ1v) is 7.56. The zero-order chi connectivity index (χ0) is 16.8. The number of hydrogen-bond donors (Lipinski definition) is 0. The monoisotopic (exact) mass is 333 g/mol. The van der Waals surface area contributed by atoms with Crippen LogP contribution in [0.2, 0.25) is 5.02 Å². The third-order valence-electron chi connectivity index (χ3n) is 3.34. The van der Waals surface area contributed by atoms with E-state index in [0.29, 0.717) is 22.1 Å². The van der Waals surface area contributed by atoms with E-state index in [9.17, 15) is 0 Å². The summed E-state index contributed by atoms with van der Waals surface area (Å²) in [6, 6.07) is 22.2. The van der Waals surface area contributed by atoms with Crippen LogP contribution in [0.15, 0.2) is 88.1 Å². The highest BCUT2D eigenvalue weighted by Crippen LogP contribution is 2.39. The van der Waals surface area contributed by atoms with Gasteiger partial charge in [-0.05, 0) is 47.0 Å². The molecule has 24 heavy (non-hydrogen) atoms. The molecule has 0 N–H and O–H groups in total. The van der Waals surface area contributed by atoms with Crippen LogP contribution in [0.5, 0.6) is 0 Å². The van der Waals surface area contributed by atoms with Crippen molar-refractivity contribution in [3.8, 4) is 11.1 Å². The van der Waals surface area contributed by atoms with Crippen molar-refractivity contribution in [1.82, 2.24) is 0 Å². The summed E-state index contributed by atoms with van der Waals surface area (Å²) < 4.78 is 0. The SMILES string of the molecule is [N-]=[N+]=Nc1c(N=Nc2ccc(Cl)cc2)cccc1-c1ccccc1. The van der Waals surface area contributed by atoms with Gasteiger partial charge in [0.2, 0.25) is 0 Å². The van der Waals surface area contributed by atoms with E-state index >= 15 is 0 Å². The second-order valence-corrected chi connectivity index (χ2v) is 5.34. The Morgan fingerprint density at radius 3 is 2.25 bits per heavy atom. The number of hydrogen-bond acceptors (Lipinski definition) is 3. The number of azide groups is 1. The Kier molecular flexibility index (Phi) is 4.87. The molecule has 0 aliphatic carbocycles. The first-order chi connectivity index (χ1) is 11.8. The molecule has 3 aromatic carbocycles. The number of rotatable bonds is 4. The first-order valence-electron chi connectivity index (χ1n) is 7.19. The quantitative estimate of drug-likeness (QED) is 0.271. The fourth-order valence-electron chi connectivity index (χ4n) is 2.23. The molecule has 0 fully saturated rings. The molecule has 0 spiro atoms. The van der Waals surface area contributed by atoms with Gasteiger partial charge in [-0.2, -0.15) is 10.2 Å². The van der Waals surface area contributed by atoms with Crippen LogP contribution < -0.4 is 0 Å². The van der Waals surface area contributed by atoms with Crippen LogP contribution in [0.3, 0.4) is 0 Å². The molecule has 3 aromatic rings. The van der Waals surface area contributed by atoms with Gasteiger partial charge in [-0.15, -0.1) is 0 Å². The van der Waals surface area contributed by atoms with Gasteiger partial charge in [0.25, 0.3) is 0 Å². The fraction of sp³-hybridized carbons (Fsp3) is 0. The van der Waals surface area contributed by atoms with Crippen molar-refractivity contribution in [2.75, 3.05) is 0 Å². The molecule has 0 unspecified atom stereocenters. The molecule has 0 aliphatic heterocycles.